The van der Waals surface area contributed by atoms with E-state index in [0.29, 0.717) is 0 Å². The molecule has 1 rings (SSSR count). The molecule has 19 heavy (non-hydrogen) atoms. The summed E-state index contributed by atoms with van der Waals surface area (Å²) < 4.78 is 39.1. The van der Waals surface area contributed by atoms with Crippen LogP contribution >= 0.6 is 0 Å². The van der Waals surface area contributed by atoms with Crippen LogP contribution in [0.3, 0.4) is 0 Å². The summed E-state index contributed by atoms with van der Waals surface area (Å²) >= 11 is 0. The minimum atomic E-state index is -1.95. The monoisotopic (exact) mass is 269 g/mol. The van der Waals surface area contributed by atoms with Gasteiger partial charge >= 0.3 is 0 Å². The fourth-order valence-corrected chi connectivity index (χ4v) is 1.02. The minimum Gasteiger partial charge on any atom is -0.267 e. The van der Waals surface area contributed by atoms with Crippen molar-refractivity contribution >= 4 is 17.1 Å². The summed E-state index contributed by atoms with van der Waals surface area (Å²) in [7, 11) is 0. The molecule has 0 aliphatic carbocycles. The number of rotatable bonds is 3. The van der Waals surface area contributed by atoms with Crippen LogP contribution in [0.15, 0.2) is 11.2 Å². The van der Waals surface area contributed by atoms with E-state index in [4.69, 9.17) is 10.5 Å². The Hall–Kier alpha value is -3.14. The van der Waals surface area contributed by atoms with E-state index in [-0.39, 0.29) is 6.07 Å². The van der Waals surface area contributed by atoms with E-state index >= 15 is 0 Å². The molecule has 0 unspecified atom stereocenters. The Morgan fingerprint density at radius 3 is 2.37 bits per heavy atom. The summed E-state index contributed by atoms with van der Waals surface area (Å²) in [5.74, 6) is -5.58. The van der Waals surface area contributed by atoms with E-state index in [2.05, 4.69) is 5.10 Å². The number of hydrazone groups is 1. The molecule has 0 bridgehead atoms. The molecule has 0 spiro atoms. The predicted octanol–water partition coefficient (Wildman–Crippen LogP) is 1.83. The van der Waals surface area contributed by atoms with Gasteiger partial charge in [0.25, 0.3) is 5.69 Å². The average Bonchev–Trinajstić information content (AvgIpc) is 2.38. The van der Waals surface area contributed by atoms with E-state index in [1.54, 1.807) is 5.43 Å². The van der Waals surface area contributed by atoms with Crippen molar-refractivity contribution in [3.05, 3.63) is 33.6 Å². The first-order chi connectivity index (χ1) is 8.92. The van der Waals surface area contributed by atoms with E-state index in [0.717, 1.165) is 0 Å². The SMILES string of the molecule is N#CC(C#N)=NNc1c([N+](=O)[O-])cc(F)c(F)c1F. The van der Waals surface area contributed by atoms with Gasteiger partial charge in [-0.1, -0.05) is 0 Å². The Labute approximate surface area is 103 Å². The van der Waals surface area contributed by atoms with E-state index in [9.17, 15) is 23.3 Å². The lowest BCUT2D eigenvalue weighted by molar-refractivity contribution is -0.384. The molecule has 1 N–H and O–H groups in total. The summed E-state index contributed by atoms with van der Waals surface area (Å²) in [5, 5.41) is 30.3. The second kappa shape index (κ2) is 5.46. The molecule has 7 nitrogen and oxygen atoms in total. The largest absolute Gasteiger partial charge is 0.300 e. The van der Waals surface area contributed by atoms with Gasteiger partial charge in [0.1, 0.15) is 12.1 Å². The summed E-state index contributed by atoms with van der Waals surface area (Å²) in [4.78, 5) is 9.37. The van der Waals surface area contributed by atoms with Crippen LogP contribution in [-0.4, -0.2) is 10.6 Å². The molecule has 0 saturated carbocycles. The molecule has 10 heteroatoms. The Balaban J connectivity index is 3.39. The molecule has 0 aliphatic rings. The highest BCUT2D eigenvalue weighted by molar-refractivity contribution is 6.10. The third kappa shape index (κ3) is 2.76. The van der Waals surface area contributed by atoms with Gasteiger partial charge in [-0.15, -0.1) is 0 Å². The minimum absolute atomic E-state index is 0.148. The number of hydrogen-bond donors (Lipinski definition) is 1. The Bertz CT molecular complexity index is 643. The van der Waals surface area contributed by atoms with Crippen molar-refractivity contribution < 1.29 is 18.1 Å². The normalized spacial score (nSPS) is 9.11. The quantitative estimate of drug-likeness (QED) is 0.389. The smallest absolute Gasteiger partial charge is 0.267 e. The van der Waals surface area contributed by atoms with Gasteiger partial charge < -0.3 is 0 Å². The lowest BCUT2D eigenvalue weighted by atomic mass is 10.2. The zero-order valence-electron chi connectivity index (χ0n) is 8.82. The number of nitriles is 2. The lowest BCUT2D eigenvalue weighted by Gasteiger charge is -2.04. The molecule has 0 saturated heterocycles. The molecule has 0 amide bonds. The zero-order valence-corrected chi connectivity index (χ0v) is 8.82. The fraction of sp³-hybridized carbons (Fsp3) is 0. The molecule has 0 heterocycles. The second-order valence-corrected chi connectivity index (χ2v) is 2.93. The third-order valence-electron chi connectivity index (χ3n) is 1.83. The molecule has 96 valence electrons. The highest BCUT2D eigenvalue weighted by Crippen LogP contribution is 2.31. The molecule has 1 aromatic carbocycles. The van der Waals surface area contributed by atoms with Crippen molar-refractivity contribution in [1.82, 2.24) is 0 Å². The van der Waals surface area contributed by atoms with Gasteiger partial charge in [0, 0.05) is 0 Å². The standard InChI is InChI=1S/C9H2F3N5O2/c10-5-1-6(17(18)19)9(8(12)7(5)11)16-15-4(2-13)3-14/h1,16H. The molecule has 0 aliphatic heterocycles. The van der Waals surface area contributed by atoms with E-state index in [1.807, 2.05) is 0 Å². The second-order valence-electron chi connectivity index (χ2n) is 2.93. The first-order valence-electron chi connectivity index (χ1n) is 4.38. The van der Waals surface area contributed by atoms with E-state index in [1.165, 1.54) is 12.1 Å². The maximum atomic E-state index is 13.3. The molecule has 0 atom stereocenters. The van der Waals surface area contributed by atoms with Gasteiger partial charge in [-0.3, -0.25) is 15.5 Å². The van der Waals surface area contributed by atoms with Gasteiger partial charge in [0.15, 0.2) is 23.1 Å². The zero-order chi connectivity index (χ0) is 14.6. The van der Waals surface area contributed by atoms with Crippen molar-refractivity contribution in [2.75, 3.05) is 5.43 Å². The van der Waals surface area contributed by atoms with Crippen LogP contribution in [0, 0.1) is 50.2 Å². The van der Waals surface area contributed by atoms with Crippen LogP contribution < -0.4 is 5.43 Å². The van der Waals surface area contributed by atoms with Crippen molar-refractivity contribution in [3.8, 4) is 12.1 Å². The molecule has 0 radical (unpaired) electrons. The fourth-order valence-electron chi connectivity index (χ4n) is 1.02. The molecule has 0 fully saturated rings. The number of benzene rings is 1. The summed E-state index contributed by atoms with van der Waals surface area (Å²) in [6, 6.07) is 2.71. The van der Waals surface area contributed by atoms with E-state index < -0.39 is 39.5 Å². The van der Waals surface area contributed by atoms with Crippen LogP contribution in [0.1, 0.15) is 0 Å². The lowest BCUT2D eigenvalue weighted by Crippen LogP contribution is -2.05. The first-order valence-corrected chi connectivity index (χ1v) is 4.38. The number of anilines is 1. The van der Waals surface area contributed by atoms with Gasteiger partial charge in [-0.2, -0.15) is 15.6 Å². The van der Waals surface area contributed by atoms with Crippen LogP contribution in [-0.2, 0) is 0 Å². The van der Waals surface area contributed by atoms with Gasteiger partial charge in [0.2, 0.25) is 5.71 Å². The molecule has 0 aromatic heterocycles. The van der Waals surface area contributed by atoms with Gasteiger partial charge in [-0.25, -0.2) is 13.2 Å². The molecule has 1 aromatic rings. The van der Waals surface area contributed by atoms with Crippen molar-refractivity contribution in [2.24, 2.45) is 5.10 Å². The number of hydrogen-bond acceptors (Lipinski definition) is 6. The number of nitro groups is 1. The van der Waals surface area contributed by atoms with Gasteiger partial charge in [-0.05, 0) is 0 Å². The van der Waals surface area contributed by atoms with Crippen molar-refractivity contribution in [3.63, 3.8) is 0 Å². The van der Waals surface area contributed by atoms with Crippen molar-refractivity contribution in [2.45, 2.75) is 0 Å². The molecular weight excluding hydrogens is 267 g/mol. The number of nitrogens with one attached hydrogen (secondary N) is 1. The Morgan fingerprint density at radius 2 is 1.89 bits per heavy atom. The number of halogens is 3. The summed E-state index contributed by atoms with van der Waals surface area (Å²) in [6.45, 7) is 0. The van der Waals surface area contributed by atoms with Crippen LogP contribution in [0.4, 0.5) is 24.5 Å². The molecular formula is C9H2F3N5O2. The predicted molar refractivity (Wildman–Crippen MR) is 55.3 cm³/mol. The number of nitrogens with zero attached hydrogens (tertiary/aromatic N) is 4. The third-order valence-corrected chi connectivity index (χ3v) is 1.83. The maximum absolute atomic E-state index is 13.3. The number of nitro benzene ring substituents is 1. The average molecular weight is 269 g/mol. The van der Waals surface area contributed by atoms with Crippen LogP contribution in [0.5, 0.6) is 0 Å². The first kappa shape index (κ1) is 13.9. The maximum Gasteiger partial charge on any atom is 0.300 e. The van der Waals surface area contributed by atoms with Crippen molar-refractivity contribution in [1.29, 1.82) is 10.5 Å². The Kier molecular flexibility index (Phi) is 4.00. The highest BCUT2D eigenvalue weighted by Gasteiger charge is 2.25. The van der Waals surface area contributed by atoms with Gasteiger partial charge in [0.05, 0.1) is 11.0 Å². The Morgan fingerprint density at radius 1 is 1.32 bits per heavy atom. The summed E-state index contributed by atoms with van der Waals surface area (Å²) in [6.07, 6.45) is 0. The topological polar surface area (TPSA) is 115 Å². The highest BCUT2D eigenvalue weighted by atomic mass is 19.2. The summed E-state index contributed by atoms with van der Waals surface area (Å²) in [5.41, 5.74) is -1.35. The van der Waals surface area contributed by atoms with Crippen LogP contribution in [0.25, 0.3) is 0 Å². The van der Waals surface area contributed by atoms with Crippen LogP contribution in [0.2, 0.25) is 0 Å².